The van der Waals surface area contributed by atoms with Crippen LogP contribution in [0.4, 0.5) is 0 Å². The number of nitrogens with one attached hydrogen (secondary N) is 1. The van der Waals surface area contributed by atoms with Crippen LogP contribution >= 0.6 is 24.8 Å². The van der Waals surface area contributed by atoms with Crippen molar-refractivity contribution in [3.05, 3.63) is 47.4 Å². The lowest BCUT2D eigenvalue weighted by atomic mass is 10.1. The number of hydrogen-bond acceptors (Lipinski definition) is 3. The first-order valence-corrected chi connectivity index (χ1v) is 7.73. The third kappa shape index (κ3) is 4.09. The Morgan fingerprint density at radius 2 is 2.08 bits per heavy atom. The van der Waals surface area contributed by atoms with Gasteiger partial charge in [-0.15, -0.1) is 24.8 Å². The zero-order chi connectivity index (χ0) is 15.7. The van der Waals surface area contributed by atoms with Gasteiger partial charge in [0.15, 0.2) is 0 Å². The van der Waals surface area contributed by atoms with E-state index in [0.29, 0.717) is 18.0 Å². The van der Waals surface area contributed by atoms with E-state index in [-0.39, 0.29) is 36.8 Å². The molecule has 1 aliphatic rings. The van der Waals surface area contributed by atoms with Crippen molar-refractivity contribution in [1.82, 2.24) is 14.9 Å². The Morgan fingerprint density at radius 3 is 2.62 bits per heavy atom. The summed E-state index contributed by atoms with van der Waals surface area (Å²) in [5.41, 5.74) is 8.37. The van der Waals surface area contributed by atoms with Gasteiger partial charge in [-0.2, -0.15) is 0 Å². The molecule has 2 aromatic rings. The van der Waals surface area contributed by atoms with Crippen LogP contribution in [-0.4, -0.2) is 28.0 Å². The lowest BCUT2D eigenvalue weighted by molar-refractivity contribution is 0.0933. The second-order valence-corrected chi connectivity index (χ2v) is 5.96. The van der Waals surface area contributed by atoms with E-state index in [1.54, 1.807) is 6.20 Å². The molecule has 1 unspecified atom stereocenters. The average Bonchev–Trinajstić information content (AvgIpc) is 3.31. The van der Waals surface area contributed by atoms with Crippen molar-refractivity contribution in [2.45, 2.75) is 32.7 Å². The summed E-state index contributed by atoms with van der Waals surface area (Å²) < 4.78 is 2.00. The number of rotatable bonds is 5. The molecule has 1 fully saturated rings. The lowest BCUT2D eigenvalue weighted by Crippen LogP contribution is -2.41. The number of hydrogen-bond donors (Lipinski definition) is 2. The van der Waals surface area contributed by atoms with E-state index in [0.717, 1.165) is 30.0 Å². The summed E-state index contributed by atoms with van der Waals surface area (Å²) in [4.78, 5) is 16.9. The van der Waals surface area contributed by atoms with Crippen molar-refractivity contribution in [3.63, 3.8) is 0 Å². The number of pyridine rings is 1. The maximum atomic E-state index is 12.6. The Kier molecular flexibility index (Phi) is 7.27. The molecule has 5 nitrogen and oxygen atoms in total. The van der Waals surface area contributed by atoms with Gasteiger partial charge in [-0.25, -0.2) is 4.98 Å². The van der Waals surface area contributed by atoms with Crippen molar-refractivity contribution >= 4 is 30.7 Å². The van der Waals surface area contributed by atoms with Gasteiger partial charge in [0, 0.05) is 30.2 Å². The van der Waals surface area contributed by atoms with Gasteiger partial charge in [-0.05, 0) is 50.8 Å². The summed E-state index contributed by atoms with van der Waals surface area (Å²) in [6.45, 7) is 4.43. The third-order valence-electron chi connectivity index (χ3n) is 4.32. The fraction of sp³-hybridized carbons (Fsp3) is 0.412. The maximum Gasteiger partial charge on any atom is 0.253 e. The summed E-state index contributed by atoms with van der Waals surface area (Å²) >= 11 is 0. The van der Waals surface area contributed by atoms with E-state index in [9.17, 15) is 4.79 Å². The van der Waals surface area contributed by atoms with Gasteiger partial charge in [0.25, 0.3) is 5.91 Å². The molecule has 0 spiro atoms. The number of amides is 1. The molecule has 7 heteroatoms. The zero-order valence-corrected chi connectivity index (χ0v) is 15.5. The highest BCUT2D eigenvalue weighted by atomic mass is 35.5. The summed E-state index contributed by atoms with van der Waals surface area (Å²) in [6.07, 6.45) is 4.08. The van der Waals surface area contributed by atoms with Crippen LogP contribution in [0.5, 0.6) is 0 Å². The molecule has 0 aliphatic heterocycles. The molecule has 1 amide bonds. The molecule has 3 rings (SSSR count). The van der Waals surface area contributed by atoms with Crippen LogP contribution in [0.2, 0.25) is 0 Å². The Balaban J connectivity index is 0.00000144. The van der Waals surface area contributed by atoms with E-state index < -0.39 is 0 Å². The van der Waals surface area contributed by atoms with Crippen LogP contribution in [0.3, 0.4) is 0 Å². The van der Waals surface area contributed by atoms with Crippen molar-refractivity contribution in [2.24, 2.45) is 11.7 Å². The Labute approximate surface area is 154 Å². The normalized spacial score (nSPS) is 14.3. The van der Waals surface area contributed by atoms with Crippen LogP contribution in [0.25, 0.3) is 5.82 Å². The molecule has 0 radical (unpaired) electrons. The monoisotopic (exact) mass is 370 g/mol. The van der Waals surface area contributed by atoms with E-state index in [1.807, 2.05) is 42.7 Å². The molecule has 1 atom stereocenters. The summed E-state index contributed by atoms with van der Waals surface area (Å²) in [6, 6.07) is 7.77. The molecule has 3 N–H and O–H groups in total. The highest BCUT2D eigenvalue weighted by Gasteiger charge is 2.32. The minimum absolute atomic E-state index is 0. The minimum atomic E-state index is -0.0439. The van der Waals surface area contributed by atoms with Crippen LogP contribution in [-0.2, 0) is 0 Å². The summed E-state index contributed by atoms with van der Waals surface area (Å²) in [5.74, 6) is 1.33. The van der Waals surface area contributed by atoms with Crippen molar-refractivity contribution in [2.75, 3.05) is 6.54 Å². The van der Waals surface area contributed by atoms with Crippen LogP contribution in [0.15, 0.2) is 30.5 Å². The molecule has 24 heavy (non-hydrogen) atoms. The lowest BCUT2D eigenvalue weighted by Gasteiger charge is -2.16. The minimum Gasteiger partial charge on any atom is -0.348 e. The SMILES string of the molecule is Cc1cc(C(=O)NC(CN)C2CC2)c(C)n1-c1ccccn1.Cl.Cl. The van der Waals surface area contributed by atoms with E-state index >= 15 is 0 Å². The number of nitrogens with zero attached hydrogens (tertiary/aromatic N) is 2. The Morgan fingerprint density at radius 1 is 1.38 bits per heavy atom. The van der Waals surface area contributed by atoms with E-state index in [1.165, 1.54) is 0 Å². The van der Waals surface area contributed by atoms with Crippen LogP contribution in [0.1, 0.15) is 34.6 Å². The second-order valence-electron chi connectivity index (χ2n) is 5.96. The molecule has 1 saturated carbocycles. The van der Waals surface area contributed by atoms with E-state index in [2.05, 4.69) is 10.3 Å². The summed E-state index contributed by atoms with van der Waals surface area (Å²) in [5, 5.41) is 3.08. The Bertz CT molecular complexity index is 683. The van der Waals surface area contributed by atoms with Gasteiger partial charge in [0.2, 0.25) is 0 Å². The smallest absolute Gasteiger partial charge is 0.253 e. The molecule has 1 aliphatic carbocycles. The average molecular weight is 371 g/mol. The molecule has 2 heterocycles. The maximum absolute atomic E-state index is 12.6. The molecule has 0 saturated heterocycles. The third-order valence-corrected chi connectivity index (χ3v) is 4.32. The van der Waals surface area contributed by atoms with Gasteiger partial charge in [0.1, 0.15) is 5.82 Å². The highest BCUT2D eigenvalue weighted by Crippen LogP contribution is 2.32. The molecular weight excluding hydrogens is 347 g/mol. The van der Waals surface area contributed by atoms with E-state index in [4.69, 9.17) is 5.73 Å². The highest BCUT2D eigenvalue weighted by molar-refractivity contribution is 5.96. The Hall–Kier alpha value is -1.56. The second kappa shape index (κ2) is 8.51. The zero-order valence-electron chi connectivity index (χ0n) is 13.9. The summed E-state index contributed by atoms with van der Waals surface area (Å²) in [7, 11) is 0. The molecule has 0 bridgehead atoms. The van der Waals surface area contributed by atoms with Gasteiger partial charge in [-0.1, -0.05) is 6.07 Å². The van der Waals surface area contributed by atoms with Crippen LogP contribution in [0, 0.1) is 19.8 Å². The first kappa shape index (κ1) is 20.5. The number of carbonyl (C=O) groups is 1. The van der Waals surface area contributed by atoms with Gasteiger partial charge < -0.3 is 15.6 Å². The largest absolute Gasteiger partial charge is 0.348 e. The number of carbonyl (C=O) groups excluding carboxylic acids is 1. The quantitative estimate of drug-likeness (QED) is 0.849. The molecule has 2 aromatic heterocycles. The fourth-order valence-corrected chi connectivity index (χ4v) is 2.95. The number of nitrogens with two attached hydrogens (primary N) is 1. The van der Waals surface area contributed by atoms with Crippen molar-refractivity contribution in [3.8, 4) is 5.82 Å². The number of halogens is 2. The van der Waals surface area contributed by atoms with Gasteiger partial charge in [-0.3, -0.25) is 4.79 Å². The first-order chi connectivity index (χ1) is 10.6. The predicted molar refractivity (Wildman–Crippen MR) is 101 cm³/mol. The van der Waals surface area contributed by atoms with Crippen LogP contribution < -0.4 is 11.1 Å². The topological polar surface area (TPSA) is 72.9 Å². The first-order valence-electron chi connectivity index (χ1n) is 7.73. The molecular formula is C17H24Cl2N4O. The number of aromatic nitrogens is 2. The van der Waals surface area contributed by atoms with Gasteiger partial charge in [0.05, 0.1) is 5.56 Å². The van der Waals surface area contributed by atoms with Crippen molar-refractivity contribution < 1.29 is 4.79 Å². The van der Waals surface area contributed by atoms with Crippen molar-refractivity contribution in [1.29, 1.82) is 0 Å². The fourth-order valence-electron chi connectivity index (χ4n) is 2.95. The number of aryl methyl sites for hydroxylation is 1. The molecule has 132 valence electrons. The predicted octanol–water partition coefficient (Wildman–Crippen LogP) is 2.80. The van der Waals surface area contributed by atoms with Gasteiger partial charge >= 0.3 is 0 Å². The standard InChI is InChI=1S/C17H22N4O.2ClH/c1-11-9-14(17(22)20-15(10-18)13-6-7-13)12(2)21(11)16-5-3-4-8-19-16;;/h3-5,8-9,13,15H,6-7,10,18H2,1-2H3,(H,20,22);2*1H. The molecule has 0 aromatic carbocycles.